The number of fused-ring (bicyclic) bond motifs is 2. The number of halogens is 1. The molecule has 0 fully saturated rings. The van der Waals surface area contributed by atoms with Gasteiger partial charge in [-0.1, -0.05) is 12.1 Å². The van der Waals surface area contributed by atoms with Crippen molar-refractivity contribution in [3.8, 4) is 0 Å². The molecule has 2 N–H and O–H groups in total. The van der Waals surface area contributed by atoms with Crippen LogP contribution in [0.4, 0.5) is 4.39 Å². The van der Waals surface area contributed by atoms with Gasteiger partial charge in [0, 0.05) is 29.9 Å². The van der Waals surface area contributed by atoms with Crippen LogP contribution in [0, 0.1) is 5.82 Å². The molecule has 0 amide bonds. The van der Waals surface area contributed by atoms with Gasteiger partial charge in [-0.15, -0.1) is 10.2 Å². The number of hydrogen-bond acceptors (Lipinski definition) is 4. The van der Waals surface area contributed by atoms with Crippen LogP contribution < -0.4 is 10.7 Å². The standard InChI is InChI=1S/C17H14FN5O/c18-13-5-3-4-12-14(24)8-11(20-17(12)13)9-19-10-16-22-21-15-6-1-2-7-23(15)16/h1-8,19H,9-10H2,(H,20,24). The Morgan fingerprint density at radius 3 is 2.96 bits per heavy atom. The van der Waals surface area contributed by atoms with E-state index < -0.39 is 5.82 Å². The zero-order valence-corrected chi connectivity index (χ0v) is 12.7. The molecule has 7 heteroatoms. The zero-order valence-electron chi connectivity index (χ0n) is 12.7. The first-order valence-electron chi connectivity index (χ1n) is 7.52. The molecule has 0 bridgehead atoms. The quantitative estimate of drug-likeness (QED) is 0.602. The van der Waals surface area contributed by atoms with E-state index in [1.807, 2.05) is 28.8 Å². The number of aromatic amines is 1. The fourth-order valence-electron chi connectivity index (χ4n) is 2.70. The van der Waals surface area contributed by atoms with E-state index in [2.05, 4.69) is 20.5 Å². The minimum absolute atomic E-state index is 0.201. The third kappa shape index (κ3) is 2.55. The van der Waals surface area contributed by atoms with Crippen LogP contribution in [0.2, 0.25) is 0 Å². The van der Waals surface area contributed by atoms with Gasteiger partial charge in [-0.05, 0) is 24.3 Å². The fraction of sp³-hybridized carbons (Fsp3) is 0.118. The number of pyridine rings is 2. The Kier molecular flexibility index (Phi) is 3.55. The molecule has 0 spiro atoms. The third-order valence-electron chi connectivity index (χ3n) is 3.85. The Morgan fingerprint density at radius 1 is 1.12 bits per heavy atom. The molecule has 3 aromatic heterocycles. The van der Waals surface area contributed by atoms with Crippen molar-refractivity contribution >= 4 is 16.6 Å². The number of nitrogens with zero attached hydrogens (tertiary/aromatic N) is 3. The number of nitrogens with one attached hydrogen (secondary N) is 2. The predicted octanol–water partition coefficient (Wildman–Crippen LogP) is 2.00. The average Bonchev–Trinajstić information content (AvgIpc) is 2.99. The number of benzene rings is 1. The number of H-pyrrole nitrogens is 1. The van der Waals surface area contributed by atoms with Crippen LogP contribution in [-0.4, -0.2) is 19.6 Å². The minimum Gasteiger partial charge on any atom is -0.355 e. The van der Waals surface area contributed by atoms with Gasteiger partial charge in [-0.2, -0.15) is 0 Å². The van der Waals surface area contributed by atoms with Crippen LogP contribution in [0.3, 0.4) is 0 Å². The zero-order chi connectivity index (χ0) is 16.5. The van der Waals surface area contributed by atoms with Crippen molar-refractivity contribution in [2.24, 2.45) is 0 Å². The van der Waals surface area contributed by atoms with Crippen molar-refractivity contribution in [1.82, 2.24) is 24.9 Å². The highest BCUT2D eigenvalue weighted by molar-refractivity contribution is 5.78. The second-order valence-corrected chi connectivity index (χ2v) is 5.47. The maximum atomic E-state index is 13.9. The van der Waals surface area contributed by atoms with E-state index in [1.165, 1.54) is 18.2 Å². The lowest BCUT2D eigenvalue weighted by molar-refractivity contribution is 0.630. The summed E-state index contributed by atoms with van der Waals surface area (Å²) in [5, 5.41) is 11.7. The Balaban J connectivity index is 1.55. The predicted molar refractivity (Wildman–Crippen MR) is 88.1 cm³/mol. The monoisotopic (exact) mass is 323 g/mol. The van der Waals surface area contributed by atoms with E-state index in [0.717, 1.165) is 11.5 Å². The Bertz CT molecular complexity index is 1090. The summed E-state index contributed by atoms with van der Waals surface area (Å²) in [7, 11) is 0. The summed E-state index contributed by atoms with van der Waals surface area (Å²) in [4.78, 5) is 15.1. The maximum absolute atomic E-state index is 13.9. The van der Waals surface area contributed by atoms with Crippen molar-refractivity contribution < 1.29 is 4.39 Å². The molecular formula is C17H14FN5O. The normalized spacial score (nSPS) is 11.4. The molecule has 1 aromatic carbocycles. The second-order valence-electron chi connectivity index (χ2n) is 5.47. The minimum atomic E-state index is -0.435. The van der Waals surface area contributed by atoms with Gasteiger partial charge in [-0.3, -0.25) is 9.20 Å². The highest BCUT2D eigenvalue weighted by atomic mass is 19.1. The molecule has 0 atom stereocenters. The molecule has 0 saturated heterocycles. The van der Waals surface area contributed by atoms with E-state index >= 15 is 0 Å². The van der Waals surface area contributed by atoms with E-state index in [9.17, 15) is 9.18 Å². The van der Waals surface area contributed by atoms with Gasteiger partial charge in [0.1, 0.15) is 5.82 Å². The van der Waals surface area contributed by atoms with Gasteiger partial charge < -0.3 is 10.3 Å². The average molecular weight is 323 g/mol. The summed E-state index contributed by atoms with van der Waals surface area (Å²) in [6.45, 7) is 0.865. The molecular weight excluding hydrogens is 309 g/mol. The van der Waals surface area contributed by atoms with Crippen molar-refractivity contribution in [2.75, 3.05) is 0 Å². The Morgan fingerprint density at radius 2 is 2.04 bits per heavy atom. The first-order chi connectivity index (χ1) is 11.7. The summed E-state index contributed by atoms with van der Waals surface area (Å²) >= 11 is 0. The van der Waals surface area contributed by atoms with Crippen LogP contribution >= 0.6 is 0 Å². The Labute approximate surface area is 136 Å². The third-order valence-corrected chi connectivity index (χ3v) is 3.85. The van der Waals surface area contributed by atoms with Crippen LogP contribution in [-0.2, 0) is 13.1 Å². The van der Waals surface area contributed by atoms with E-state index in [1.54, 1.807) is 6.07 Å². The molecule has 6 nitrogen and oxygen atoms in total. The molecule has 0 aliphatic carbocycles. The lowest BCUT2D eigenvalue weighted by Gasteiger charge is -2.06. The number of hydrogen-bond donors (Lipinski definition) is 2. The number of aromatic nitrogens is 4. The second kappa shape index (κ2) is 5.86. The topological polar surface area (TPSA) is 75.1 Å². The van der Waals surface area contributed by atoms with Gasteiger partial charge in [0.2, 0.25) is 0 Å². The summed E-state index contributed by atoms with van der Waals surface area (Å²) in [5.74, 6) is 0.329. The molecule has 0 saturated carbocycles. The highest BCUT2D eigenvalue weighted by Crippen LogP contribution is 2.12. The van der Waals surface area contributed by atoms with Crippen molar-refractivity contribution in [3.05, 3.63) is 76.2 Å². The molecule has 4 aromatic rings. The lowest BCUT2D eigenvalue weighted by Crippen LogP contribution is -2.17. The molecule has 0 radical (unpaired) electrons. The summed E-state index contributed by atoms with van der Waals surface area (Å²) < 4.78 is 15.7. The SMILES string of the molecule is O=c1cc(CNCc2nnc3ccccn23)[nH]c2c(F)cccc12. The molecule has 3 heterocycles. The smallest absolute Gasteiger partial charge is 0.189 e. The van der Waals surface area contributed by atoms with Crippen molar-refractivity contribution in [3.63, 3.8) is 0 Å². The van der Waals surface area contributed by atoms with Crippen molar-refractivity contribution in [2.45, 2.75) is 13.1 Å². The molecule has 0 aliphatic heterocycles. The first-order valence-corrected chi connectivity index (χ1v) is 7.52. The maximum Gasteiger partial charge on any atom is 0.189 e. The van der Waals surface area contributed by atoms with Crippen LogP contribution in [0.5, 0.6) is 0 Å². The largest absolute Gasteiger partial charge is 0.355 e. The van der Waals surface area contributed by atoms with Crippen LogP contribution in [0.15, 0.2) is 53.5 Å². The lowest BCUT2D eigenvalue weighted by atomic mass is 10.2. The van der Waals surface area contributed by atoms with Gasteiger partial charge in [0.05, 0.1) is 12.1 Å². The van der Waals surface area contributed by atoms with E-state index in [-0.39, 0.29) is 10.9 Å². The van der Waals surface area contributed by atoms with E-state index in [0.29, 0.717) is 24.2 Å². The van der Waals surface area contributed by atoms with Crippen LogP contribution in [0.1, 0.15) is 11.5 Å². The molecule has 0 aliphatic rings. The summed E-state index contributed by atoms with van der Waals surface area (Å²) in [5.41, 5.74) is 1.42. The fourth-order valence-corrected chi connectivity index (χ4v) is 2.70. The molecule has 0 unspecified atom stereocenters. The van der Waals surface area contributed by atoms with Crippen LogP contribution in [0.25, 0.3) is 16.6 Å². The van der Waals surface area contributed by atoms with E-state index in [4.69, 9.17) is 0 Å². The van der Waals surface area contributed by atoms with Gasteiger partial charge in [0.15, 0.2) is 16.9 Å². The van der Waals surface area contributed by atoms with Gasteiger partial charge >= 0.3 is 0 Å². The van der Waals surface area contributed by atoms with Gasteiger partial charge in [0.25, 0.3) is 0 Å². The first kappa shape index (κ1) is 14.5. The summed E-state index contributed by atoms with van der Waals surface area (Å²) in [6.07, 6.45) is 1.89. The molecule has 24 heavy (non-hydrogen) atoms. The number of rotatable bonds is 4. The highest BCUT2D eigenvalue weighted by Gasteiger charge is 2.07. The van der Waals surface area contributed by atoms with Gasteiger partial charge in [-0.25, -0.2) is 4.39 Å². The number of para-hydroxylation sites is 1. The Hall–Kier alpha value is -3.06. The molecule has 120 valence electrons. The molecule has 4 rings (SSSR count). The summed E-state index contributed by atoms with van der Waals surface area (Å²) in [6, 6.07) is 11.6. The van der Waals surface area contributed by atoms with Crippen molar-refractivity contribution in [1.29, 1.82) is 0 Å².